The van der Waals surface area contributed by atoms with E-state index in [1.165, 1.54) is 12.1 Å². The topological polar surface area (TPSA) is 55.1 Å². The average Bonchev–Trinajstić information content (AvgIpc) is 2.81. The monoisotopic (exact) mass is 266 g/mol. The lowest BCUT2D eigenvalue weighted by Gasteiger charge is -2.04. The van der Waals surface area contributed by atoms with Crippen LogP contribution in [-0.4, -0.2) is 17.1 Å². The van der Waals surface area contributed by atoms with Crippen LogP contribution in [0.25, 0.3) is 11.3 Å². The molecule has 0 aliphatic rings. The predicted molar refractivity (Wildman–Crippen MR) is 64.5 cm³/mol. The molecule has 1 amide bonds. The number of aromatic nitrogens is 1. The van der Waals surface area contributed by atoms with E-state index in [-0.39, 0.29) is 23.4 Å². The fourth-order valence-corrected chi connectivity index (χ4v) is 1.50. The molecule has 1 N–H and O–H groups in total. The molecule has 0 radical (unpaired) electrons. The normalized spacial score (nSPS) is 10.8. The third kappa shape index (κ3) is 2.96. The summed E-state index contributed by atoms with van der Waals surface area (Å²) in [5.41, 5.74) is 0.406. The van der Waals surface area contributed by atoms with Crippen LogP contribution < -0.4 is 5.32 Å². The number of hydrogen-bond acceptors (Lipinski definition) is 3. The van der Waals surface area contributed by atoms with Gasteiger partial charge in [0.15, 0.2) is 23.1 Å². The Labute approximate surface area is 108 Å². The first kappa shape index (κ1) is 13.2. The van der Waals surface area contributed by atoms with Crippen LogP contribution in [0.3, 0.4) is 0 Å². The molecule has 0 bridgehead atoms. The first-order chi connectivity index (χ1) is 8.97. The Balaban J connectivity index is 2.25. The van der Waals surface area contributed by atoms with Crippen molar-refractivity contribution >= 4 is 5.91 Å². The zero-order valence-corrected chi connectivity index (χ0v) is 10.4. The first-order valence-electron chi connectivity index (χ1n) is 5.70. The maximum absolute atomic E-state index is 13.1. The summed E-state index contributed by atoms with van der Waals surface area (Å²) in [6.45, 7) is 3.63. The van der Waals surface area contributed by atoms with Gasteiger partial charge in [-0.05, 0) is 32.0 Å². The zero-order valence-electron chi connectivity index (χ0n) is 10.4. The van der Waals surface area contributed by atoms with Crippen LogP contribution in [-0.2, 0) is 0 Å². The average molecular weight is 266 g/mol. The molecule has 100 valence electrons. The van der Waals surface area contributed by atoms with Crippen molar-refractivity contribution in [2.24, 2.45) is 0 Å². The van der Waals surface area contributed by atoms with Gasteiger partial charge in [-0.1, -0.05) is 5.16 Å². The number of rotatable bonds is 3. The second-order valence-corrected chi connectivity index (χ2v) is 4.33. The fraction of sp³-hybridized carbons (Fsp3) is 0.231. The first-order valence-corrected chi connectivity index (χ1v) is 5.70. The third-order valence-electron chi connectivity index (χ3n) is 2.37. The molecule has 19 heavy (non-hydrogen) atoms. The van der Waals surface area contributed by atoms with E-state index in [4.69, 9.17) is 4.52 Å². The van der Waals surface area contributed by atoms with Gasteiger partial charge in [-0.25, -0.2) is 8.78 Å². The minimum Gasteiger partial charge on any atom is -0.355 e. The standard InChI is InChI=1S/C13H12F2N2O2/c1-7(2)16-13(18)11-6-12(19-17-11)8-3-4-9(14)10(15)5-8/h3-7H,1-2H3,(H,16,18). The highest BCUT2D eigenvalue weighted by atomic mass is 19.2. The number of nitrogens with zero attached hydrogens (tertiary/aromatic N) is 1. The number of benzene rings is 1. The third-order valence-corrected chi connectivity index (χ3v) is 2.37. The molecule has 1 heterocycles. The Hall–Kier alpha value is -2.24. The molecule has 0 atom stereocenters. The van der Waals surface area contributed by atoms with Gasteiger partial charge in [0.25, 0.3) is 5.91 Å². The number of nitrogens with one attached hydrogen (secondary N) is 1. The fourth-order valence-electron chi connectivity index (χ4n) is 1.50. The lowest BCUT2D eigenvalue weighted by Crippen LogP contribution is -2.30. The van der Waals surface area contributed by atoms with Crippen molar-refractivity contribution in [1.82, 2.24) is 10.5 Å². The summed E-state index contributed by atoms with van der Waals surface area (Å²) in [4.78, 5) is 11.7. The highest BCUT2D eigenvalue weighted by Crippen LogP contribution is 2.22. The van der Waals surface area contributed by atoms with E-state index in [0.717, 1.165) is 12.1 Å². The second-order valence-electron chi connectivity index (χ2n) is 4.33. The SMILES string of the molecule is CC(C)NC(=O)c1cc(-c2ccc(F)c(F)c2)on1. The maximum atomic E-state index is 13.1. The van der Waals surface area contributed by atoms with Crippen LogP contribution in [0.5, 0.6) is 0 Å². The summed E-state index contributed by atoms with van der Waals surface area (Å²) < 4.78 is 30.8. The Morgan fingerprint density at radius 3 is 2.63 bits per heavy atom. The van der Waals surface area contributed by atoms with Crippen LogP contribution >= 0.6 is 0 Å². The molecular formula is C13H12F2N2O2. The molecule has 6 heteroatoms. The molecule has 0 aliphatic heterocycles. The molecule has 2 rings (SSSR count). The van der Waals surface area contributed by atoms with Crippen molar-refractivity contribution in [3.05, 3.63) is 41.6 Å². The van der Waals surface area contributed by atoms with E-state index in [9.17, 15) is 13.6 Å². The van der Waals surface area contributed by atoms with Gasteiger partial charge in [0, 0.05) is 17.7 Å². The molecule has 0 aliphatic carbocycles. The van der Waals surface area contributed by atoms with Gasteiger partial charge in [-0.2, -0.15) is 0 Å². The van der Waals surface area contributed by atoms with Crippen LogP contribution in [0, 0.1) is 11.6 Å². The van der Waals surface area contributed by atoms with Gasteiger partial charge in [0.05, 0.1) is 0 Å². The zero-order chi connectivity index (χ0) is 14.0. The minimum absolute atomic E-state index is 0.0316. The minimum atomic E-state index is -0.984. The predicted octanol–water partition coefficient (Wildman–Crippen LogP) is 2.76. The van der Waals surface area contributed by atoms with Crippen molar-refractivity contribution in [2.45, 2.75) is 19.9 Å². The molecule has 0 fully saturated rings. The number of hydrogen-bond donors (Lipinski definition) is 1. The van der Waals surface area contributed by atoms with Gasteiger partial charge in [0.1, 0.15) is 0 Å². The van der Waals surface area contributed by atoms with E-state index in [1.807, 2.05) is 13.8 Å². The molecular weight excluding hydrogens is 254 g/mol. The molecule has 0 unspecified atom stereocenters. The highest BCUT2D eigenvalue weighted by molar-refractivity contribution is 5.93. The van der Waals surface area contributed by atoms with Crippen molar-refractivity contribution in [3.63, 3.8) is 0 Å². The lowest BCUT2D eigenvalue weighted by molar-refractivity contribution is 0.0934. The van der Waals surface area contributed by atoms with Crippen molar-refractivity contribution in [1.29, 1.82) is 0 Å². The van der Waals surface area contributed by atoms with E-state index < -0.39 is 11.6 Å². The van der Waals surface area contributed by atoms with Crippen LogP contribution in [0.4, 0.5) is 8.78 Å². The molecule has 0 saturated heterocycles. The van der Waals surface area contributed by atoms with Crippen molar-refractivity contribution in [2.75, 3.05) is 0 Å². The molecule has 4 nitrogen and oxygen atoms in total. The Morgan fingerprint density at radius 1 is 1.26 bits per heavy atom. The van der Waals surface area contributed by atoms with E-state index in [0.29, 0.717) is 5.56 Å². The van der Waals surface area contributed by atoms with Gasteiger partial charge in [-0.15, -0.1) is 0 Å². The largest absolute Gasteiger partial charge is 0.355 e. The van der Waals surface area contributed by atoms with Gasteiger partial charge in [-0.3, -0.25) is 4.79 Å². The molecule has 1 aromatic heterocycles. The summed E-state index contributed by atoms with van der Waals surface area (Å²) in [7, 11) is 0. The number of halogens is 2. The van der Waals surface area contributed by atoms with Crippen LogP contribution in [0.15, 0.2) is 28.8 Å². The summed E-state index contributed by atoms with van der Waals surface area (Å²) in [5, 5.41) is 6.24. The van der Waals surface area contributed by atoms with Crippen LogP contribution in [0.1, 0.15) is 24.3 Å². The van der Waals surface area contributed by atoms with Gasteiger partial charge < -0.3 is 9.84 Å². The van der Waals surface area contributed by atoms with Crippen molar-refractivity contribution < 1.29 is 18.1 Å². The van der Waals surface area contributed by atoms with E-state index >= 15 is 0 Å². The Bertz CT molecular complexity index is 608. The maximum Gasteiger partial charge on any atom is 0.273 e. The van der Waals surface area contributed by atoms with E-state index in [1.54, 1.807) is 0 Å². The summed E-state index contributed by atoms with van der Waals surface area (Å²) in [5.74, 6) is -2.11. The van der Waals surface area contributed by atoms with Gasteiger partial charge in [0.2, 0.25) is 0 Å². The smallest absolute Gasteiger partial charge is 0.273 e. The lowest BCUT2D eigenvalue weighted by atomic mass is 10.1. The number of carbonyl (C=O) groups is 1. The summed E-state index contributed by atoms with van der Waals surface area (Å²) in [6, 6.07) is 4.67. The molecule has 0 spiro atoms. The Kier molecular flexibility index (Phi) is 3.59. The Morgan fingerprint density at radius 2 is 2.00 bits per heavy atom. The van der Waals surface area contributed by atoms with Crippen LogP contribution in [0.2, 0.25) is 0 Å². The highest BCUT2D eigenvalue weighted by Gasteiger charge is 2.15. The van der Waals surface area contributed by atoms with Crippen molar-refractivity contribution in [3.8, 4) is 11.3 Å². The molecule has 0 saturated carbocycles. The quantitative estimate of drug-likeness (QED) is 0.929. The molecule has 2 aromatic rings. The molecule has 1 aromatic carbocycles. The second kappa shape index (κ2) is 5.17. The van der Waals surface area contributed by atoms with E-state index in [2.05, 4.69) is 10.5 Å². The van der Waals surface area contributed by atoms with Gasteiger partial charge >= 0.3 is 0 Å². The summed E-state index contributed by atoms with van der Waals surface area (Å²) in [6.07, 6.45) is 0. The number of amides is 1. The summed E-state index contributed by atoms with van der Waals surface area (Å²) >= 11 is 0. The number of carbonyl (C=O) groups excluding carboxylic acids is 1.